The van der Waals surface area contributed by atoms with E-state index in [-0.39, 0.29) is 5.91 Å². The van der Waals surface area contributed by atoms with E-state index in [9.17, 15) is 13.2 Å². The van der Waals surface area contributed by atoms with Gasteiger partial charge in [-0.05, 0) is 32.6 Å². The topological polar surface area (TPSA) is 60.9 Å². The third-order valence-corrected chi connectivity index (χ3v) is 6.13. The number of nitrogens with zero attached hydrogens (tertiary/aromatic N) is 3. The van der Waals surface area contributed by atoms with Crippen LogP contribution in [0.1, 0.15) is 12.0 Å². The van der Waals surface area contributed by atoms with Crippen LogP contribution in [0.3, 0.4) is 0 Å². The summed E-state index contributed by atoms with van der Waals surface area (Å²) in [7, 11) is 0.381. The normalized spacial score (nSPS) is 16.8. The number of rotatable bonds is 5. The largest absolute Gasteiger partial charge is 0.340 e. The molecule has 128 valence electrons. The van der Waals surface area contributed by atoms with E-state index in [1.165, 1.54) is 4.31 Å². The Morgan fingerprint density at radius 3 is 2.30 bits per heavy atom. The van der Waals surface area contributed by atoms with Crippen LogP contribution in [0, 0.1) is 6.92 Å². The smallest absolute Gasteiger partial charge is 0.243 e. The van der Waals surface area contributed by atoms with Crippen molar-refractivity contribution in [2.45, 2.75) is 18.2 Å². The van der Waals surface area contributed by atoms with Gasteiger partial charge in [0.05, 0.1) is 4.90 Å². The first-order chi connectivity index (χ1) is 10.8. The van der Waals surface area contributed by atoms with Crippen LogP contribution >= 0.6 is 0 Å². The van der Waals surface area contributed by atoms with Gasteiger partial charge in [0.2, 0.25) is 15.9 Å². The highest BCUT2D eigenvalue weighted by atomic mass is 32.2. The highest BCUT2D eigenvalue weighted by Crippen LogP contribution is 2.21. The first kappa shape index (κ1) is 17.9. The summed E-state index contributed by atoms with van der Waals surface area (Å²) in [6, 6.07) is 7.00. The molecular formula is C16H25N3O3S. The molecule has 0 unspecified atom stereocenters. The molecule has 1 aliphatic rings. The first-order valence-electron chi connectivity index (χ1n) is 7.80. The summed E-state index contributed by atoms with van der Waals surface area (Å²) in [5.41, 5.74) is 0.747. The maximum Gasteiger partial charge on any atom is 0.243 e. The minimum Gasteiger partial charge on any atom is -0.340 e. The van der Waals surface area contributed by atoms with E-state index >= 15 is 0 Å². The van der Waals surface area contributed by atoms with Crippen molar-refractivity contribution in [2.75, 3.05) is 46.8 Å². The van der Waals surface area contributed by atoms with Gasteiger partial charge in [-0.1, -0.05) is 18.2 Å². The van der Waals surface area contributed by atoms with Crippen molar-refractivity contribution in [3.63, 3.8) is 0 Å². The summed E-state index contributed by atoms with van der Waals surface area (Å²) in [5, 5.41) is 0. The number of aryl methyl sites for hydroxylation is 1. The third-order valence-electron chi connectivity index (χ3n) is 4.08. The number of amides is 1. The van der Waals surface area contributed by atoms with Gasteiger partial charge in [-0.2, -0.15) is 4.31 Å². The van der Waals surface area contributed by atoms with Gasteiger partial charge >= 0.3 is 0 Å². The highest BCUT2D eigenvalue weighted by Gasteiger charge is 2.30. The molecule has 0 aromatic heterocycles. The SMILES string of the molecule is Cc1ccccc1S(=O)(=O)N1CCN(C(=O)CCN(C)C)CC1. The molecule has 0 saturated carbocycles. The van der Waals surface area contributed by atoms with Crippen LogP contribution in [0.25, 0.3) is 0 Å². The number of carbonyl (C=O) groups is 1. The lowest BCUT2D eigenvalue weighted by Gasteiger charge is -2.34. The zero-order chi connectivity index (χ0) is 17.0. The molecule has 0 bridgehead atoms. The van der Waals surface area contributed by atoms with E-state index in [4.69, 9.17) is 0 Å². The third kappa shape index (κ3) is 4.31. The van der Waals surface area contributed by atoms with Gasteiger partial charge in [0.15, 0.2) is 0 Å². The molecule has 1 aromatic carbocycles. The summed E-state index contributed by atoms with van der Waals surface area (Å²) >= 11 is 0. The monoisotopic (exact) mass is 339 g/mol. The minimum absolute atomic E-state index is 0.0895. The molecule has 2 rings (SSSR count). The molecule has 1 aliphatic heterocycles. The van der Waals surface area contributed by atoms with Crippen LogP contribution in [0.5, 0.6) is 0 Å². The zero-order valence-corrected chi connectivity index (χ0v) is 14.8. The molecule has 1 amide bonds. The Kier molecular flexibility index (Phi) is 5.78. The number of sulfonamides is 1. The quantitative estimate of drug-likeness (QED) is 0.795. The van der Waals surface area contributed by atoms with Crippen molar-refractivity contribution < 1.29 is 13.2 Å². The molecule has 0 atom stereocenters. The van der Waals surface area contributed by atoms with Crippen molar-refractivity contribution in [3.05, 3.63) is 29.8 Å². The standard InChI is InChI=1S/C16H25N3O3S/c1-14-6-4-5-7-15(14)23(21,22)19-12-10-18(11-13-19)16(20)8-9-17(2)3/h4-7H,8-13H2,1-3H3. The Balaban J connectivity index is 1.99. The lowest BCUT2D eigenvalue weighted by molar-refractivity contribution is -0.132. The van der Waals surface area contributed by atoms with Gasteiger partial charge in [0.1, 0.15) is 0 Å². The molecule has 1 aromatic rings. The summed E-state index contributed by atoms with van der Waals surface area (Å²) in [6.45, 7) is 4.12. The lowest BCUT2D eigenvalue weighted by atomic mass is 10.2. The van der Waals surface area contributed by atoms with Crippen molar-refractivity contribution in [2.24, 2.45) is 0 Å². The van der Waals surface area contributed by atoms with Gasteiger partial charge in [0, 0.05) is 39.1 Å². The van der Waals surface area contributed by atoms with Gasteiger partial charge in [0.25, 0.3) is 0 Å². The molecule has 23 heavy (non-hydrogen) atoms. The van der Waals surface area contributed by atoms with Crippen LogP contribution in [-0.4, -0.2) is 75.2 Å². The minimum atomic E-state index is -3.48. The second-order valence-electron chi connectivity index (χ2n) is 6.10. The van der Waals surface area contributed by atoms with Gasteiger partial charge < -0.3 is 9.80 Å². The Labute approximate surface area is 138 Å². The predicted molar refractivity (Wildman–Crippen MR) is 89.7 cm³/mol. The van der Waals surface area contributed by atoms with Crippen molar-refractivity contribution in [1.82, 2.24) is 14.1 Å². The Bertz CT molecular complexity index is 650. The van der Waals surface area contributed by atoms with Gasteiger partial charge in [-0.25, -0.2) is 8.42 Å². The molecule has 7 heteroatoms. The molecule has 6 nitrogen and oxygen atoms in total. The Morgan fingerprint density at radius 2 is 1.74 bits per heavy atom. The van der Waals surface area contributed by atoms with Crippen molar-refractivity contribution in [3.8, 4) is 0 Å². The fraction of sp³-hybridized carbons (Fsp3) is 0.562. The molecule has 1 saturated heterocycles. The van der Waals surface area contributed by atoms with Gasteiger partial charge in [-0.15, -0.1) is 0 Å². The van der Waals surface area contributed by atoms with E-state index in [2.05, 4.69) is 0 Å². The Morgan fingerprint density at radius 1 is 1.13 bits per heavy atom. The number of hydrogen-bond donors (Lipinski definition) is 0. The second kappa shape index (κ2) is 7.42. The average molecular weight is 339 g/mol. The summed E-state index contributed by atoms with van der Waals surface area (Å²) in [6.07, 6.45) is 0.470. The maximum absolute atomic E-state index is 12.7. The van der Waals surface area contributed by atoms with Gasteiger partial charge in [-0.3, -0.25) is 4.79 Å². The number of hydrogen-bond acceptors (Lipinski definition) is 4. The van der Waals surface area contributed by atoms with Crippen LogP contribution in [0.2, 0.25) is 0 Å². The van der Waals surface area contributed by atoms with E-state index in [0.29, 0.717) is 44.0 Å². The van der Waals surface area contributed by atoms with Crippen molar-refractivity contribution >= 4 is 15.9 Å². The maximum atomic E-state index is 12.7. The average Bonchev–Trinajstić information content (AvgIpc) is 2.53. The summed E-state index contributed by atoms with van der Waals surface area (Å²) in [4.78, 5) is 16.2. The van der Waals surface area contributed by atoms with Crippen LogP contribution < -0.4 is 0 Å². The van der Waals surface area contributed by atoms with Crippen molar-refractivity contribution in [1.29, 1.82) is 0 Å². The first-order valence-corrected chi connectivity index (χ1v) is 9.24. The molecule has 0 radical (unpaired) electrons. The van der Waals surface area contributed by atoms with E-state index in [1.54, 1.807) is 30.0 Å². The predicted octanol–water partition coefficient (Wildman–Crippen LogP) is 0.780. The van der Waals surface area contributed by atoms with E-state index in [1.807, 2.05) is 25.1 Å². The number of carbonyl (C=O) groups excluding carboxylic acids is 1. The van der Waals surface area contributed by atoms with Crippen LogP contribution in [0.15, 0.2) is 29.2 Å². The fourth-order valence-corrected chi connectivity index (χ4v) is 4.29. The number of benzene rings is 1. The fourth-order valence-electron chi connectivity index (χ4n) is 2.64. The van der Waals surface area contributed by atoms with E-state index in [0.717, 1.165) is 5.56 Å². The summed E-state index contributed by atoms with van der Waals surface area (Å²) in [5.74, 6) is 0.0895. The second-order valence-corrected chi connectivity index (χ2v) is 8.01. The number of piperazine rings is 1. The van der Waals surface area contributed by atoms with Crippen LogP contribution in [-0.2, 0) is 14.8 Å². The molecular weight excluding hydrogens is 314 g/mol. The summed E-state index contributed by atoms with van der Waals surface area (Å²) < 4.78 is 26.9. The molecule has 1 heterocycles. The molecule has 1 fully saturated rings. The molecule has 0 spiro atoms. The van der Waals surface area contributed by atoms with Crippen LogP contribution in [0.4, 0.5) is 0 Å². The van der Waals surface area contributed by atoms with E-state index < -0.39 is 10.0 Å². The zero-order valence-electron chi connectivity index (χ0n) is 14.0. The highest BCUT2D eigenvalue weighted by molar-refractivity contribution is 7.89. The molecule has 0 N–H and O–H groups in total. The Hall–Kier alpha value is -1.44. The lowest BCUT2D eigenvalue weighted by Crippen LogP contribution is -2.50. The molecule has 0 aliphatic carbocycles.